The Morgan fingerprint density at radius 3 is 2.58 bits per heavy atom. The van der Waals surface area contributed by atoms with Crippen LogP contribution in [0.3, 0.4) is 0 Å². The van der Waals surface area contributed by atoms with Gasteiger partial charge in [0.1, 0.15) is 0 Å². The first-order valence-corrected chi connectivity index (χ1v) is 6.25. The first kappa shape index (κ1) is 13.3. The molecule has 0 bridgehead atoms. The number of hydrogen-bond acceptors (Lipinski definition) is 2. The van der Waals surface area contributed by atoms with Crippen LogP contribution >= 0.6 is 0 Å². The van der Waals surface area contributed by atoms with Gasteiger partial charge in [-0.2, -0.15) is 0 Å². The predicted molar refractivity (Wildman–Crippen MR) is 78.2 cm³/mol. The minimum Gasteiger partial charge on any atom is -0.326 e. The average Bonchev–Trinajstić information content (AvgIpc) is 2.45. The molecule has 1 amide bonds. The van der Waals surface area contributed by atoms with Crippen LogP contribution in [0, 0.1) is 6.92 Å². The van der Waals surface area contributed by atoms with Crippen molar-refractivity contribution in [3.8, 4) is 0 Å². The first-order chi connectivity index (χ1) is 9.11. The van der Waals surface area contributed by atoms with Crippen molar-refractivity contribution < 1.29 is 4.79 Å². The number of carbonyl (C=O) groups is 1. The quantitative estimate of drug-likeness (QED) is 0.915. The van der Waals surface area contributed by atoms with Gasteiger partial charge in [-0.25, -0.2) is 0 Å². The molecule has 98 valence electrons. The number of benzene rings is 2. The third-order valence-corrected chi connectivity index (χ3v) is 3.10. The first-order valence-electron chi connectivity index (χ1n) is 6.25. The van der Waals surface area contributed by atoms with Crippen LogP contribution in [-0.4, -0.2) is 13.0 Å². The molecule has 0 atom stereocenters. The normalized spacial score (nSPS) is 10.3. The van der Waals surface area contributed by atoms with Crippen LogP contribution in [0.1, 0.15) is 21.5 Å². The van der Waals surface area contributed by atoms with Crippen LogP contribution in [0.25, 0.3) is 0 Å². The Hall–Kier alpha value is -2.13. The highest BCUT2D eigenvalue weighted by Gasteiger charge is 2.13. The summed E-state index contributed by atoms with van der Waals surface area (Å²) < 4.78 is 0. The molecule has 0 radical (unpaired) electrons. The molecule has 0 aliphatic carbocycles. The SMILES string of the molecule is Cc1cccc(C(=O)N(C)c2cccc(CN)c2)c1. The molecule has 3 nitrogen and oxygen atoms in total. The summed E-state index contributed by atoms with van der Waals surface area (Å²) in [4.78, 5) is 14.0. The zero-order valence-corrected chi connectivity index (χ0v) is 11.3. The molecular formula is C16H18N2O. The van der Waals surface area contributed by atoms with Gasteiger partial charge >= 0.3 is 0 Å². The van der Waals surface area contributed by atoms with Crippen LogP contribution in [0.5, 0.6) is 0 Å². The standard InChI is InChI=1S/C16H18N2O/c1-12-5-3-7-14(9-12)16(19)18(2)15-8-4-6-13(10-15)11-17/h3-10H,11,17H2,1-2H3. The van der Waals surface area contributed by atoms with E-state index in [9.17, 15) is 4.79 Å². The Kier molecular flexibility index (Phi) is 3.97. The molecule has 0 heterocycles. The minimum atomic E-state index is -0.0159. The lowest BCUT2D eigenvalue weighted by Gasteiger charge is -2.18. The van der Waals surface area contributed by atoms with Crippen LogP contribution in [0.15, 0.2) is 48.5 Å². The number of carbonyl (C=O) groups excluding carboxylic acids is 1. The number of amides is 1. The molecular weight excluding hydrogens is 236 g/mol. The highest BCUT2D eigenvalue weighted by Crippen LogP contribution is 2.17. The summed E-state index contributed by atoms with van der Waals surface area (Å²) in [6.45, 7) is 2.45. The van der Waals surface area contributed by atoms with Crippen molar-refractivity contribution in [2.45, 2.75) is 13.5 Å². The van der Waals surface area contributed by atoms with E-state index in [1.54, 1.807) is 11.9 Å². The lowest BCUT2D eigenvalue weighted by Crippen LogP contribution is -2.26. The Labute approximate surface area is 113 Å². The zero-order valence-electron chi connectivity index (χ0n) is 11.3. The lowest BCUT2D eigenvalue weighted by atomic mass is 10.1. The highest BCUT2D eigenvalue weighted by atomic mass is 16.2. The number of anilines is 1. The summed E-state index contributed by atoms with van der Waals surface area (Å²) in [6.07, 6.45) is 0. The summed E-state index contributed by atoms with van der Waals surface area (Å²) >= 11 is 0. The maximum Gasteiger partial charge on any atom is 0.258 e. The Morgan fingerprint density at radius 1 is 1.16 bits per heavy atom. The Balaban J connectivity index is 2.28. The maximum atomic E-state index is 12.4. The van der Waals surface area contributed by atoms with Crippen molar-refractivity contribution in [1.29, 1.82) is 0 Å². The second-order valence-corrected chi connectivity index (χ2v) is 4.61. The van der Waals surface area contributed by atoms with Crippen molar-refractivity contribution in [2.75, 3.05) is 11.9 Å². The molecule has 0 unspecified atom stereocenters. The third kappa shape index (κ3) is 3.01. The van der Waals surface area contributed by atoms with E-state index in [1.165, 1.54) is 0 Å². The molecule has 2 aromatic carbocycles. The summed E-state index contributed by atoms with van der Waals surface area (Å²) in [5.41, 5.74) is 9.27. The van der Waals surface area contributed by atoms with Crippen molar-refractivity contribution >= 4 is 11.6 Å². The fourth-order valence-electron chi connectivity index (χ4n) is 1.98. The topological polar surface area (TPSA) is 46.3 Å². The molecule has 0 spiro atoms. The van der Waals surface area contributed by atoms with Crippen molar-refractivity contribution in [1.82, 2.24) is 0 Å². The van der Waals surface area contributed by atoms with E-state index in [1.807, 2.05) is 55.5 Å². The van der Waals surface area contributed by atoms with Crippen LogP contribution in [0.4, 0.5) is 5.69 Å². The van der Waals surface area contributed by atoms with E-state index >= 15 is 0 Å². The summed E-state index contributed by atoms with van der Waals surface area (Å²) in [7, 11) is 1.78. The fourth-order valence-corrected chi connectivity index (χ4v) is 1.98. The van der Waals surface area contributed by atoms with Gasteiger partial charge in [0.2, 0.25) is 0 Å². The second-order valence-electron chi connectivity index (χ2n) is 4.61. The summed E-state index contributed by atoms with van der Waals surface area (Å²) in [5.74, 6) is -0.0159. The van der Waals surface area contributed by atoms with Gasteiger partial charge < -0.3 is 10.6 Å². The summed E-state index contributed by atoms with van der Waals surface area (Å²) in [5, 5.41) is 0. The van der Waals surface area contributed by atoms with Crippen molar-refractivity contribution in [3.05, 3.63) is 65.2 Å². The Bertz CT molecular complexity index is 593. The molecule has 0 aromatic heterocycles. The monoisotopic (exact) mass is 254 g/mol. The van der Waals surface area contributed by atoms with E-state index in [4.69, 9.17) is 5.73 Å². The molecule has 0 aliphatic rings. The molecule has 0 aliphatic heterocycles. The minimum absolute atomic E-state index is 0.0159. The van der Waals surface area contributed by atoms with Gasteiger partial charge in [-0.1, -0.05) is 29.8 Å². The van der Waals surface area contributed by atoms with Gasteiger partial charge in [-0.15, -0.1) is 0 Å². The number of hydrogen-bond donors (Lipinski definition) is 1. The number of aryl methyl sites for hydroxylation is 1. The van der Waals surface area contributed by atoms with Crippen molar-refractivity contribution in [2.24, 2.45) is 5.73 Å². The van der Waals surface area contributed by atoms with Gasteiger partial charge in [0.05, 0.1) is 0 Å². The molecule has 2 N–H and O–H groups in total. The van der Waals surface area contributed by atoms with E-state index in [-0.39, 0.29) is 5.91 Å². The summed E-state index contributed by atoms with van der Waals surface area (Å²) in [6, 6.07) is 15.3. The van der Waals surface area contributed by atoms with E-state index in [0.717, 1.165) is 16.8 Å². The molecule has 3 heteroatoms. The molecule has 19 heavy (non-hydrogen) atoms. The zero-order chi connectivity index (χ0) is 13.8. The number of rotatable bonds is 3. The largest absolute Gasteiger partial charge is 0.326 e. The number of nitrogens with zero attached hydrogens (tertiary/aromatic N) is 1. The molecule has 0 saturated carbocycles. The third-order valence-electron chi connectivity index (χ3n) is 3.10. The van der Waals surface area contributed by atoms with E-state index < -0.39 is 0 Å². The predicted octanol–water partition coefficient (Wildman–Crippen LogP) is 2.73. The molecule has 0 saturated heterocycles. The molecule has 2 aromatic rings. The smallest absolute Gasteiger partial charge is 0.258 e. The van der Waals surface area contributed by atoms with Gasteiger partial charge in [0.15, 0.2) is 0 Å². The lowest BCUT2D eigenvalue weighted by molar-refractivity contribution is 0.0993. The fraction of sp³-hybridized carbons (Fsp3) is 0.188. The highest BCUT2D eigenvalue weighted by molar-refractivity contribution is 6.05. The maximum absolute atomic E-state index is 12.4. The van der Waals surface area contributed by atoms with Gasteiger partial charge in [0.25, 0.3) is 5.91 Å². The van der Waals surface area contributed by atoms with E-state index in [0.29, 0.717) is 12.1 Å². The van der Waals surface area contributed by atoms with Crippen LogP contribution < -0.4 is 10.6 Å². The van der Waals surface area contributed by atoms with Crippen molar-refractivity contribution in [3.63, 3.8) is 0 Å². The Morgan fingerprint density at radius 2 is 1.89 bits per heavy atom. The van der Waals surface area contributed by atoms with Crippen LogP contribution in [-0.2, 0) is 6.54 Å². The number of nitrogens with two attached hydrogens (primary N) is 1. The van der Waals surface area contributed by atoms with Gasteiger partial charge in [0, 0.05) is 24.8 Å². The van der Waals surface area contributed by atoms with Crippen LogP contribution in [0.2, 0.25) is 0 Å². The van der Waals surface area contributed by atoms with Gasteiger partial charge in [-0.05, 0) is 36.8 Å². The van der Waals surface area contributed by atoms with E-state index in [2.05, 4.69) is 0 Å². The van der Waals surface area contributed by atoms with Gasteiger partial charge in [-0.3, -0.25) is 4.79 Å². The second kappa shape index (κ2) is 5.67. The average molecular weight is 254 g/mol. The molecule has 2 rings (SSSR count). The molecule has 0 fully saturated rings.